The molecule has 1 aliphatic heterocycles. The summed E-state index contributed by atoms with van der Waals surface area (Å²) in [5, 5.41) is 16.1. The summed E-state index contributed by atoms with van der Waals surface area (Å²) >= 11 is 0. The Morgan fingerprint density at radius 3 is 2.62 bits per heavy atom. The van der Waals surface area contributed by atoms with Gasteiger partial charge in [-0.3, -0.25) is 14.8 Å². The van der Waals surface area contributed by atoms with E-state index in [1.807, 2.05) is 31.4 Å². The van der Waals surface area contributed by atoms with Crippen molar-refractivity contribution < 1.29 is 4.79 Å². The highest BCUT2D eigenvalue weighted by Crippen LogP contribution is 2.23. The average Bonchev–Trinajstić information content (AvgIpc) is 3.25. The van der Waals surface area contributed by atoms with E-state index in [0.717, 1.165) is 48.2 Å². The molecule has 0 aliphatic carbocycles. The summed E-state index contributed by atoms with van der Waals surface area (Å²) in [4.78, 5) is 26.0. The standard InChI is InChI=1S/C22H23N9O/c1-29-5-7-31(8-6-29)20-10-17(12-24-28-20)21(32)27-22-23-11-16-4-3-15(9-19(16)26-22)18-13-25-30(2)14-18/h3-4,9-14H,5-8H2,1-2H3,(H,23,26,27,32). The lowest BCUT2D eigenvalue weighted by Gasteiger charge is -2.32. The molecule has 1 aromatic carbocycles. The maximum absolute atomic E-state index is 12.8. The van der Waals surface area contributed by atoms with E-state index >= 15 is 0 Å². The smallest absolute Gasteiger partial charge is 0.259 e. The van der Waals surface area contributed by atoms with Gasteiger partial charge in [0, 0.05) is 56.6 Å². The number of hydrogen-bond acceptors (Lipinski definition) is 8. The molecule has 0 saturated carbocycles. The van der Waals surface area contributed by atoms with Gasteiger partial charge in [0.2, 0.25) is 5.95 Å². The number of rotatable bonds is 4. The van der Waals surface area contributed by atoms with Gasteiger partial charge in [0.15, 0.2) is 5.82 Å². The van der Waals surface area contributed by atoms with Gasteiger partial charge < -0.3 is 9.80 Å². The van der Waals surface area contributed by atoms with Gasteiger partial charge >= 0.3 is 0 Å². The quantitative estimate of drug-likeness (QED) is 0.524. The molecular weight excluding hydrogens is 406 g/mol. The predicted octanol–water partition coefficient (Wildman–Crippen LogP) is 1.82. The fraction of sp³-hybridized carbons (Fsp3) is 0.273. The number of nitrogens with one attached hydrogen (secondary N) is 1. The van der Waals surface area contributed by atoms with Crippen LogP contribution >= 0.6 is 0 Å². The molecule has 4 aromatic rings. The van der Waals surface area contributed by atoms with Crippen molar-refractivity contribution in [2.75, 3.05) is 43.4 Å². The second-order valence-corrected chi connectivity index (χ2v) is 7.92. The van der Waals surface area contributed by atoms with Crippen LogP contribution in [0.4, 0.5) is 11.8 Å². The van der Waals surface area contributed by atoms with Gasteiger partial charge in [-0.15, -0.1) is 5.10 Å². The number of anilines is 2. The first kappa shape index (κ1) is 20.0. The molecule has 1 aliphatic rings. The molecule has 0 unspecified atom stereocenters. The van der Waals surface area contributed by atoms with Gasteiger partial charge in [-0.05, 0) is 24.7 Å². The number of amides is 1. The zero-order chi connectivity index (χ0) is 22.1. The molecule has 4 heterocycles. The summed E-state index contributed by atoms with van der Waals surface area (Å²) < 4.78 is 1.75. The van der Waals surface area contributed by atoms with Crippen molar-refractivity contribution in [3.05, 3.63) is 54.6 Å². The molecule has 1 amide bonds. The third-order valence-electron chi connectivity index (χ3n) is 5.58. The Morgan fingerprint density at radius 1 is 1.00 bits per heavy atom. The van der Waals surface area contributed by atoms with Crippen LogP contribution in [0.5, 0.6) is 0 Å². The van der Waals surface area contributed by atoms with Crippen molar-refractivity contribution in [3.8, 4) is 11.1 Å². The van der Waals surface area contributed by atoms with Gasteiger partial charge in [-0.25, -0.2) is 9.97 Å². The number of carbonyl (C=O) groups is 1. The van der Waals surface area contributed by atoms with Crippen LogP contribution in [0.2, 0.25) is 0 Å². The van der Waals surface area contributed by atoms with E-state index in [9.17, 15) is 4.79 Å². The van der Waals surface area contributed by atoms with Gasteiger partial charge in [-0.1, -0.05) is 12.1 Å². The second kappa shape index (κ2) is 8.31. The molecule has 10 heteroatoms. The minimum absolute atomic E-state index is 0.240. The molecule has 162 valence electrons. The molecule has 10 nitrogen and oxygen atoms in total. The number of aromatic nitrogens is 6. The van der Waals surface area contributed by atoms with Crippen LogP contribution in [0.3, 0.4) is 0 Å². The summed E-state index contributed by atoms with van der Waals surface area (Å²) in [6.45, 7) is 3.60. The van der Waals surface area contributed by atoms with Crippen LogP contribution < -0.4 is 10.2 Å². The van der Waals surface area contributed by atoms with E-state index in [1.165, 1.54) is 6.20 Å². The first-order valence-electron chi connectivity index (χ1n) is 10.4. The Kier molecular flexibility index (Phi) is 5.20. The van der Waals surface area contributed by atoms with Crippen LogP contribution in [-0.2, 0) is 7.05 Å². The van der Waals surface area contributed by atoms with E-state index < -0.39 is 0 Å². The Hall–Kier alpha value is -3.92. The van der Waals surface area contributed by atoms with Crippen molar-refractivity contribution >= 4 is 28.6 Å². The fourth-order valence-electron chi connectivity index (χ4n) is 3.68. The first-order chi connectivity index (χ1) is 15.5. The molecule has 1 N–H and O–H groups in total. The van der Waals surface area contributed by atoms with Crippen molar-refractivity contribution in [1.82, 2.24) is 34.8 Å². The monoisotopic (exact) mass is 429 g/mol. The third-order valence-corrected chi connectivity index (χ3v) is 5.58. The van der Waals surface area contributed by atoms with Gasteiger partial charge in [0.1, 0.15) is 0 Å². The van der Waals surface area contributed by atoms with E-state index in [4.69, 9.17) is 0 Å². The fourth-order valence-corrected chi connectivity index (χ4v) is 3.68. The minimum atomic E-state index is -0.321. The normalized spacial score (nSPS) is 14.6. The number of nitrogens with zero attached hydrogens (tertiary/aromatic N) is 8. The third kappa shape index (κ3) is 4.12. The lowest BCUT2D eigenvalue weighted by atomic mass is 10.1. The Morgan fingerprint density at radius 2 is 1.84 bits per heavy atom. The molecule has 32 heavy (non-hydrogen) atoms. The minimum Gasteiger partial charge on any atom is -0.353 e. The number of hydrogen-bond donors (Lipinski definition) is 1. The lowest BCUT2D eigenvalue weighted by molar-refractivity contribution is 0.102. The average molecular weight is 429 g/mol. The van der Waals surface area contributed by atoms with E-state index in [0.29, 0.717) is 11.4 Å². The number of piperazine rings is 1. The first-order valence-corrected chi connectivity index (χ1v) is 10.4. The molecule has 0 atom stereocenters. The highest BCUT2D eigenvalue weighted by Gasteiger charge is 2.18. The summed E-state index contributed by atoms with van der Waals surface area (Å²) in [5.74, 6) is 0.619. The molecule has 1 saturated heterocycles. The van der Waals surface area contributed by atoms with E-state index in [1.54, 1.807) is 23.1 Å². The SMILES string of the molecule is CN1CCN(c2cc(C(=O)Nc3ncc4ccc(-c5cnn(C)c5)cc4n3)cnn2)CC1. The van der Waals surface area contributed by atoms with Gasteiger partial charge in [0.25, 0.3) is 5.91 Å². The Labute approximate surface area is 184 Å². The maximum atomic E-state index is 12.8. The predicted molar refractivity (Wildman–Crippen MR) is 121 cm³/mol. The lowest BCUT2D eigenvalue weighted by Crippen LogP contribution is -2.45. The molecular formula is C22H23N9O. The molecule has 0 spiro atoms. The number of carbonyl (C=O) groups excluding carboxylic acids is 1. The second-order valence-electron chi connectivity index (χ2n) is 7.92. The van der Waals surface area contributed by atoms with Crippen molar-refractivity contribution in [2.24, 2.45) is 7.05 Å². The molecule has 0 radical (unpaired) electrons. The zero-order valence-electron chi connectivity index (χ0n) is 17.9. The molecule has 3 aromatic heterocycles. The number of benzene rings is 1. The van der Waals surface area contributed by atoms with Crippen LogP contribution in [-0.4, -0.2) is 74.0 Å². The van der Waals surface area contributed by atoms with Crippen LogP contribution in [0, 0.1) is 0 Å². The topological polar surface area (TPSA) is 105 Å². The van der Waals surface area contributed by atoms with Crippen LogP contribution in [0.1, 0.15) is 10.4 Å². The zero-order valence-corrected chi connectivity index (χ0v) is 17.9. The van der Waals surface area contributed by atoms with Crippen molar-refractivity contribution in [1.29, 1.82) is 0 Å². The van der Waals surface area contributed by atoms with E-state index in [2.05, 4.69) is 47.4 Å². The highest BCUT2D eigenvalue weighted by atomic mass is 16.1. The van der Waals surface area contributed by atoms with Crippen molar-refractivity contribution in [3.63, 3.8) is 0 Å². The van der Waals surface area contributed by atoms with Gasteiger partial charge in [-0.2, -0.15) is 10.2 Å². The van der Waals surface area contributed by atoms with Gasteiger partial charge in [0.05, 0.1) is 23.5 Å². The summed E-state index contributed by atoms with van der Waals surface area (Å²) in [6.07, 6.45) is 6.90. The van der Waals surface area contributed by atoms with Crippen LogP contribution in [0.15, 0.2) is 49.1 Å². The number of aryl methyl sites for hydroxylation is 1. The Balaban J connectivity index is 1.36. The molecule has 5 rings (SSSR count). The number of likely N-dealkylation sites (N-methyl/N-ethyl adjacent to an activating group) is 1. The number of fused-ring (bicyclic) bond motifs is 1. The molecule has 0 bridgehead atoms. The van der Waals surface area contributed by atoms with Crippen molar-refractivity contribution in [2.45, 2.75) is 0 Å². The molecule has 1 fully saturated rings. The maximum Gasteiger partial charge on any atom is 0.259 e. The summed E-state index contributed by atoms with van der Waals surface area (Å²) in [5.41, 5.74) is 3.15. The van der Waals surface area contributed by atoms with E-state index in [-0.39, 0.29) is 11.9 Å². The van der Waals surface area contributed by atoms with Crippen LogP contribution in [0.25, 0.3) is 22.0 Å². The summed E-state index contributed by atoms with van der Waals surface area (Å²) in [6, 6.07) is 7.68. The summed E-state index contributed by atoms with van der Waals surface area (Å²) in [7, 11) is 3.97. The largest absolute Gasteiger partial charge is 0.353 e. The highest BCUT2D eigenvalue weighted by molar-refractivity contribution is 6.03. The Bertz CT molecular complexity index is 1280.